The van der Waals surface area contributed by atoms with E-state index >= 15 is 0 Å². The lowest BCUT2D eigenvalue weighted by molar-refractivity contribution is -0.384. The van der Waals surface area contributed by atoms with Gasteiger partial charge in [0.25, 0.3) is 5.69 Å². The molecule has 0 aliphatic carbocycles. The molecular weight excluding hydrogens is 434 g/mol. The van der Waals surface area contributed by atoms with Crippen molar-refractivity contribution in [3.63, 3.8) is 0 Å². The SMILES string of the molecule is N#Cc1ccccc1S(=O)(=O)N1CCC(C(=O)Oc2ccc([N+](=O)[O-])cc2Cl)CC1. The fourth-order valence-electron chi connectivity index (χ4n) is 3.13. The lowest BCUT2D eigenvalue weighted by Gasteiger charge is -2.30. The standard InChI is InChI=1S/C19H16ClN3O6S/c20-16-11-15(23(25)26)5-6-17(16)29-19(24)13-7-9-22(10-8-13)30(27,28)18-4-2-1-3-14(18)12-21/h1-6,11,13H,7-10H2. The van der Waals surface area contributed by atoms with Gasteiger partial charge >= 0.3 is 5.97 Å². The molecular formula is C19H16ClN3O6S. The molecule has 2 aromatic carbocycles. The van der Waals surface area contributed by atoms with Gasteiger partial charge < -0.3 is 4.74 Å². The van der Waals surface area contributed by atoms with E-state index < -0.39 is 26.8 Å². The number of rotatable bonds is 5. The number of non-ortho nitro benzene ring substituents is 1. The number of nitro groups is 1. The fourth-order valence-corrected chi connectivity index (χ4v) is 4.96. The Morgan fingerprint density at radius 2 is 1.90 bits per heavy atom. The number of nitriles is 1. The van der Waals surface area contributed by atoms with E-state index in [2.05, 4.69) is 0 Å². The summed E-state index contributed by atoms with van der Waals surface area (Å²) in [6.07, 6.45) is 0.467. The van der Waals surface area contributed by atoms with E-state index in [-0.39, 0.29) is 52.8 Å². The number of piperidine rings is 1. The predicted octanol–water partition coefficient (Wildman–Crippen LogP) is 3.13. The largest absolute Gasteiger partial charge is 0.425 e. The second kappa shape index (κ2) is 8.79. The van der Waals surface area contributed by atoms with Gasteiger partial charge in [0.15, 0.2) is 0 Å². The van der Waals surface area contributed by atoms with Crippen LogP contribution in [0.2, 0.25) is 5.02 Å². The summed E-state index contributed by atoms with van der Waals surface area (Å²) >= 11 is 5.94. The molecule has 1 aliphatic heterocycles. The van der Waals surface area contributed by atoms with Gasteiger partial charge in [0.1, 0.15) is 11.8 Å². The first-order valence-corrected chi connectivity index (χ1v) is 10.7. The predicted molar refractivity (Wildman–Crippen MR) is 106 cm³/mol. The van der Waals surface area contributed by atoms with Gasteiger partial charge in [0.2, 0.25) is 10.0 Å². The molecule has 30 heavy (non-hydrogen) atoms. The lowest BCUT2D eigenvalue weighted by Crippen LogP contribution is -2.41. The number of hydrogen-bond acceptors (Lipinski definition) is 7. The number of sulfonamides is 1. The number of carbonyl (C=O) groups excluding carboxylic acids is 1. The quantitative estimate of drug-likeness (QED) is 0.296. The highest BCUT2D eigenvalue weighted by atomic mass is 35.5. The molecule has 0 atom stereocenters. The summed E-state index contributed by atoms with van der Waals surface area (Å²) in [6.45, 7) is 0.186. The molecule has 0 saturated carbocycles. The fraction of sp³-hybridized carbons (Fsp3) is 0.263. The Balaban J connectivity index is 1.66. The third-order valence-electron chi connectivity index (χ3n) is 4.75. The van der Waals surface area contributed by atoms with E-state index in [1.165, 1.54) is 28.6 Å². The summed E-state index contributed by atoms with van der Waals surface area (Å²) in [7, 11) is -3.86. The van der Waals surface area contributed by atoms with Crippen LogP contribution < -0.4 is 4.74 Å². The molecule has 0 amide bonds. The monoisotopic (exact) mass is 449 g/mol. The Kier molecular flexibility index (Phi) is 6.36. The van der Waals surface area contributed by atoms with E-state index in [0.29, 0.717) is 0 Å². The van der Waals surface area contributed by atoms with Crippen LogP contribution >= 0.6 is 11.6 Å². The number of ether oxygens (including phenoxy) is 1. The molecule has 0 radical (unpaired) electrons. The minimum atomic E-state index is -3.86. The van der Waals surface area contributed by atoms with Crippen molar-refractivity contribution in [2.24, 2.45) is 5.92 Å². The van der Waals surface area contributed by atoms with Gasteiger partial charge in [-0.2, -0.15) is 9.57 Å². The maximum absolute atomic E-state index is 12.9. The maximum atomic E-state index is 12.9. The van der Waals surface area contributed by atoms with Crippen LogP contribution in [-0.2, 0) is 14.8 Å². The Bertz CT molecular complexity index is 1140. The summed E-state index contributed by atoms with van der Waals surface area (Å²) in [6, 6.07) is 11.3. The number of nitrogens with zero attached hydrogens (tertiary/aromatic N) is 3. The molecule has 0 unspecified atom stereocenters. The van der Waals surface area contributed by atoms with Crippen molar-refractivity contribution >= 4 is 33.3 Å². The molecule has 0 aromatic heterocycles. The molecule has 0 spiro atoms. The topological polar surface area (TPSA) is 131 Å². The van der Waals surface area contributed by atoms with E-state index in [1.807, 2.05) is 6.07 Å². The molecule has 156 valence electrons. The molecule has 3 rings (SSSR count). The van der Waals surface area contributed by atoms with Gasteiger partial charge in [-0.15, -0.1) is 0 Å². The first kappa shape index (κ1) is 21.7. The molecule has 0 bridgehead atoms. The normalized spacial score (nSPS) is 15.3. The van der Waals surface area contributed by atoms with Gasteiger partial charge in [-0.1, -0.05) is 23.7 Å². The summed E-state index contributed by atoms with van der Waals surface area (Å²) < 4.78 is 32.2. The summed E-state index contributed by atoms with van der Waals surface area (Å²) in [4.78, 5) is 22.5. The first-order chi connectivity index (χ1) is 14.2. The highest BCUT2D eigenvalue weighted by Gasteiger charge is 2.34. The second-order valence-electron chi connectivity index (χ2n) is 6.58. The van der Waals surface area contributed by atoms with Gasteiger partial charge in [-0.25, -0.2) is 8.42 Å². The van der Waals surface area contributed by atoms with Crippen LogP contribution in [0, 0.1) is 27.4 Å². The Morgan fingerprint density at radius 3 is 2.50 bits per heavy atom. The lowest BCUT2D eigenvalue weighted by atomic mass is 9.98. The van der Waals surface area contributed by atoms with Crippen molar-refractivity contribution in [2.75, 3.05) is 13.1 Å². The zero-order valence-corrected chi connectivity index (χ0v) is 17.1. The van der Waals surface area contributed by atoms with Crippen molar-refractivity contribution in [3.05, 3.63) is 63.2 Å². The molecule has 1 saturated heterocycles. The number of halogens is 1. The van der Waals surface area contributed by atoms with E-state index in [4.69, 9.17) is 21.6 Å². The summed E-state index contributed by atoms with van der Waals surface area (Å²) in [5.74, 6) is -1.13. The van der Waals surface area contributed by atoms with Gasteiger partial charge in [0.05, 0.1) is 26.3 Å². The third-order valence-corrected chi connectivity index (χ3v) is 7.00. The summed E-state index contributed by atoms with van der Waals surface area (Å²) in [5.41, 5.74) is -0.164. The smallest absolute Gasteiger partial charge is 0.314 e. The third kappa shape index (κ3) is 4.43. The van der Waals surface area contributed by atoms with Crippen LogP contribution in [-0.4, -0.2) is 36.7 Å². The highest BCUT2D eigenvalue weighted by Crippen LogP contribution is 2.31. The average Bonchev–Trinajstić information content (AvgIpc) is 2.75. The van der Waals surface area contributed by atoms with Crippen LogP contribution in [0.15, 0.2) is 47.4 Å². The van der Waals surface area contributed by atoms with Crippen molar-refractivity contribution < 1.29 is 22.9 Å². The maximum Gasteiger partial charge on any atom is 0.314 e. The average molecular weight is 450 g/mol. The molecule has 2 aromatic rings. The van der Waals surface area contributed by atoms with Crippen LogP contribution in [0.3, 0.4) is 0 Å². The summed E-state index contributed by atoms with van der Waals surface area (Å²) in [5, 5.41) is 19.9. The van der Waals surface area contributed by atoms with E-state index in [9.17, 15) is 23.3 Å². The van der Waals surface area contributed by atoms with Crippen LogP contribution in [0.4, 0.5) is 5.69 Å². The Morgan fingerprint density at radius 1 is 1.23 bits per heavy atom. The van der Waals surface area contributed by atoms with Crippen LogP contribution in [0.1, 0.15) is 18.4 Å². The van der Waals surface area contributed by atoms with Gasteiger partial charge in [-0.3, -0.25) is 14.9 Å². The number of carbonyl (C=O) groups is 1. The Labute approximate surface area is 177 Å². The molecule has 1 heterocycles. The molecule has 0 N–H and O–H groups in total. The molecule has 1 aliphatic rings. The number of nitro benzene ring substituents is 1. The second-order valence-corrected chi connectivity index (χ2v) is 8.89. The number of benzene rings is 2. The van der Waals surface area contributed by atoms with Crippen molar-refractivity contribution in [3.8, 4) is 11.8 Å². The number of esters is 1. The van der Waals surface area contributed by atoms with Gasteiger partial charge in [-0.05, 0) is 31.0 Å². The zero-order chi connectivity index (χ0) is 21.9. The van der Waals surface area contributed by atoms with Crippen molar-refractivity contribution in [1.82, 2.24) is 4.31 Å². The van der Waals surface area contributed by atoms with Crippen LogP contribution in [0.25, 0.3) is 0 Å². The minimum Gasteiger partial charge on any atom is -0.425 e. The van der Waals surface area contributed by atoms with Crippen molar-refractivity contribution in [2.45, 2.75) is 17.7 Å². The van der Waals surface area contributed by atoms with Crippen molar-refractivity contribution in [1.29, 1.82) is 5.26 Å². The molecule has 11 heteroatoms. The first-order valence-electron chi connectivity index (χ1n) is 8.89. The van der Waals surface area contributed by atoms with Crippen LogP contribution in [0.5, 0.6) is 5.75 Å². The number of hydrogen-bond donors (Lipinski definition) is 0. The minimum absolute atomic E-state index is 0.00488. The van der Waals surface area contributed by atoms with Gasteiger partial charge in [0, 0.05) is 25.2 Å². The Hall–Kier alpha value is -3.00. The molecule has 9 nitrogen and oxygen atoms in total. The highest BCUT2D eigenvalue weighted by molar-refractivity contribution is 7.89. The van der Waals surface area contributed by atoms with E-state index in [1.54, 1.807) is 12.1 Å². The van der Waals surface area contributed by atoms with E-state index in [0.717, 1.165) is 6.07 Å². The molecule has 1 fully saturated rings. The zero-order valence-electron chi connectivity index (χ0n) is 15.5.